The van der Waals surface area contributed by atoms with E-state index in [4.69, 9.17) is 4.74 Å². The molecule has 0 aromatic heterocycles. The van der Waals surface area contributed by atoms with Crippen molar-refractivity contribution in [1.82, 2.24) is 10.2 Å². The number of carbonyl (C=O) groups is 1. The molecule has 1 amide bonds. The van der Waals surface area contributed by atoms with Crippen LogP contribution < -0.4 is 5.32 Å². The maximum atomic E-state index is 12.7. The molecule has 0 radical (unpaired) electrons. The quantitative estimate of drug-likeness (QED) is 0.904. The molecule has 1 aromatic carbocycles. The highest BCUT2D eigenvalue weighted by atomic mass is 35.5. The smallest absolute Gasteiger partial charge is 0.253 e. The molecule has 0 unspecified atom stereocenters. The third kappa shape index (κ3) is 4.50. The van der Waals surface area contributed by atoms with Crippen molar-refractivity contribution in [3.63, 3.8) is 0 Å². The zero-order chi connectivity index (χ0) is 16.3. The molecule has 0 atom stereocenters. The Bertz CT molecular complexity index is 529. The molecule has 2 fully saturated rings. The molecule has 134 valence electrons. The van der Waals surface area contributed by atoms with E-state index in [-0.39, 0.29) is 24.4 Å². The van der Waals surface area contributed by atoms with Gasteiger partial charge in [-0.3, -0.25) is 4.79 Å². The highest BCUT2D eigenvalue weighted by molar-refractivity contribution is 5.94. The number of nitrogens with zero attached hydrogens (tertiary/aromatic N) is 1. The van der Waals surface area contributed by atoms with Crippen LogP contribution in [0.3, 0.4) is 0 Å². The predicted octanol–water partition coefficient (Wildman–Crippen LogP) is 3.25. The minimum absolute atomic E-state index is 0. The van der Waals surface area contributed by atoms with Crippen LogP contribution in [0, 0.1) is 5.41 Å². The molecule has 2 saturated heterocycles. The molecule has 3 rings (SSSR count). The zero-order valence-corrected chi connectivity index (χ0v) is 15.5. The third-order valence-electron chi connectivity index (χ3n) is 5.23. The van der Waals surface area contributed by atoms with Gasteiger partial charge in [0.15, 0.2) is 0 Å². The number of hydrogen-bond acceptors (Lipinski definition) is 3. The fourth-order valence-electron chi connectivity index (χ4n) is 3.60. The number of nitrogens with one attached hydrogen (secondary N) is 1. The summed E-state index contributed by atoms with van der Waals surface area (Å²) in [6, 6.07) is 7.87. The second kappa shape index (κ2) is 8.32. The number of benzene rings is 1. The first-order valence-corrected chi connectivity index (χ1v) is 8.79. The summed E-state index contributed by atoms with van der Waals surface area (Å²) in [7, 11) is 0. The molecule has 1 spiro atoms. The van der Waals surface area contributed by atoms with E-state index in [1.807, 2.05) is 43.0 Å². The number of likely N-dealkylation sites (tertiary alicyclic amines) is 1. The van der Waals surface area contributed by atoms with E-state index in [1.165, 1.54) is 6.42 Å². The van der Waals surface area contributed by atoms with E-state index in [9.17, 15) is 4.79 Å². The van der Waals surface area contributed by atoms with Crippen molar-refractivity contribution in [2.75, 3.05) is 26.2 Å². The molecular weight excluding hydrogens is 324 g/mol. The van der Waals surface area contributed by atoms with Crippen LogP contribution in [-0.2, 0) is 11.3 Å². The lowest BCUT2D eigenvalue weighted by Crippen LogP contribution is -2.44. The molecular formula is C19H29ClN2O2. The van der Waals surface area contributed by atoms with Gasteiger partial charge in [0.25, 0.3) is 5.91 Å². The number of carbonyl (C=O) groups excluding carboxylic acids is 1. The Hall–Kier alpha value is -1.10. The lowest BCUT2D eigenvalue weighted by atomic mass is 9.78. The van der Waals surface area contributed by atoms with Crippen molar-refractivity contribution in [1.29, 1.82) is 0 Å². The largest absolute Gasteiger partial charge is 0.374 e. The normalized spacial score (nSPS) is 19.5. The van der Waals surface area contributed by atoms with Crippen LogP contribution in [-0.4, -0.2) is 43.1 Å². The summed E-state index contributed by atoms with van der Waals surface area (Å²) in [5.74, 6) is 0.169. The molecule has 1 aromatic rings. The Labute approximate surface area is 151 Å². The second-order valence-corrected chi connectivity index (χ2v) is 7.28. The summed E-state index contributed by atoms with van der Waals surface area (Å²) in [5, 5.41) is 3.47. The van der Waals surface area contributed by atoms with Gasteiger partial charge in [-0.15, -0.1) is 12.4 Å². The average molecular weight is 353 g/mol. The lowest BCUT2D eigenvalue weighted by Gasteiger charge is -2.38. The second-order valence-electron chi connectivity index (χ2n) is 7.28. The Kier molecular flexibility index (Phi) is 6.67. The fraction of sp³-hybridized carbons (Fsp3) is 0.632. The van der Waals surface area contributed by atoms with Crippen molar-refractivity contribution >= 4 is 18.3 Å². The van der Waals surface area contributed by atoms with Gasteiger partial charge in [0.2, 0.25) is 0 Å². The molecule has 5 heteroatoms. The predicted molar refractivity (Wildman–Crippen MR) is 98.7 cm³/mol. The molecule has 1 N–H and O–H groups in total. The molecule has 0 aliphatic carbocycles. The van der Waals surface area contributed by atoms with Crippen molar-refractivity contribution < 1.29 is 9.53 Å². The van der Waals surface area contributed by atoms with Gasteiger partial charge in [-0.05, 0) is 62.8 Å². The number of hydrogen-bond donors (Lipinski definition) is 1. The van der Waals surface area contributed by atoms with E-state index >= 15 is 0 Å². The molecule has 0 bridgehead atoms. The highest BCUT2D eigenvalue weighted by Crippen LogP contribution is 2.37. The van der Waals surface area contributed by atoms with Gasteiger partial charge in [0, 0.05) is 25.2 Å². The van der Waals surface area contributed by atoms with Crippen LogP contribution >= 0.6 is 12.4 Å². The Balaban J connectivity index is 0.00000208. The van der Waals surface area contributed by atoms with Crippen LogP contribution in [0.2, 0.25) is 0 Å². The summed E-state index contributed by atoms with van der Waals surface area (Å²) in [6.45, 7) is 8.69. The minimum Gasteiger partial charge on any atom is -0.374 e. The van der Waals surface area contributed by atoms with Crippen LogP contribution in [0.5, 0.6) is 0 Å². The highest BCUT2D eigenvalue weighted by Gasteiger charge is 2.38. The lowest BCUT2D eigenvalue weighted by molar-refractivity contribution is 0.0605. The molecule has 4 nitrogen and oxygen atoms in total. The first-order chi connectivity index (χ1) is 11.1. The summed E-state index contributed by atoms with van der Waals surface area (Å²) in [4.78, 5) is 14.7. The first kappa shape index (κ1) is 19.2. The average Bonchev–Trinajstić information content (AvgIpc) is 3.02. The Morgan fingerprint density at radius 3 is 2.42 bits per heavy atom. The summed E-state index contributed by atoms with van der Waals surface area (Å²) in [5.41, 5.74) is 2.36. The van der Waals surface area contributed by atoms with Crippen LogP contribution in [0.4, 0.5) is 0 Å². The Morgan fingerprint density at radius 1 is 1.21 bits per heavy atom. The van der Waals surface area contributed by atoms with E-state index in [2.05, 4.69) is 5.32 Å². The molecule has 2 aliphatic heterocycles. The Morgan fingerprint density at radius 2 is 1.88 bits per heavy atom. The molecule has 24 heavy (non-hydrogen) atoms. The maximum Gasteiger partial charge on any atom is 0.253 e. The van der Waals surface area contributed by atoms with Crippen molar-refractivity contribution in [3.05, 3.63) is 35.4 Å². The summed E-state index contributed by atoms with van der Waals surface area (Å²) >= 11 is 0. The van der Waals surface area contributed by atoms with Crippen LogP contribution in [0.15, 0.2) is 24.3 Å². The number of halogens is 1. The molecule has 2 aliphatic rings. The molecule has 0 saturated carbocycles. The van der Waals surface area contributed by atoms with Crippen molar-refractivity contribution in [2.45, 2.75) is 45.8 Å². The summed E-state index contributed by atoms with van der Waals surface area (Å²) < 4.78 is 5.60. The van der Waals surface area contributed by atoms with Gasteiger partial charge < -0.3 is 15.0 Å². The van der Waals surface area contributed by atoms with Crippen molar-refractivity contribution in [3.8, 4) is 0 Å². The minimum atomic E-state index is 0. The number of rotatable bonds is 4. The SMILES string of the molecule is CC(C)OCc1ccc(C(=O)N2CCC3(CCNC3)CC2)cc1.Cl. The maximum absolute atomic E-state index is 12.7. The van der Waals surface area contributed by atoms with Gasteiger partial charge in [0.1, 0.15) is 0 Å². The topological polar surface area (TPSA) is 41.6 Å². The van der Waals surface area contributed by atoms with Gasteiger partial charge in [-0.25, -0.2) is 0 Å². The van der Waals surface area contributed by atoms with Crippen LogP contribution in [0.25, 0.3) is 0 Å². The fourth-order valence-corrected chi connectivity index (χ4v) is 3.60. The standard InChI is InChI=1S/C19H28N2O2.ClH/c1-15(2)23-13-16-3-5-17(6-4-16)18(22)21-11-8-19(9-12-21)7-10-20-14-19;/h3-6,15,20H,7-14H2,1-2H3;1H. The number of piperidine rings is 1. The van der Waals surface area contributed by atoms with Gasteiger partial charge >= 0.3 is 0 Å². The first-order valence-electron chi connectivity index (χ1n) is 8.79. The molecule has 2 heterocycles. The van der Waals surface area contributed by atoms with E-state index in [1.54, 1.807) is 0 Å². The van der Waals surface area contributed by atoms with Gasteiger partial charge in [-0.2, -0.15) is 0 Å². The zero-order valence-electron chi connectivity index (χ0n) is 14.7. The van der Waals surface area contributed by atoms with E-state index in [0.29, 0.717) is 12.0 Å². The van der Waals surface area contributed by atoms with E-state index < -0.39 is 0 Å². The number of amides is 1. The van der Waals surface area contributed by atoms with E-state index in [0.717, 1.165) is 50.1 Å². The number of ether oxygens (including phenoxy) is 1. The van der Waals surface area contributed by atoms with Crippen molar-refractivity contribution in [2.24, 2.45) is 5.41 Å². The summed E-state index contributed by atoms with van der Waals surface area (Å²) in [6.07, 6.45) is 3.75. The third-order valence-corrected chi connectivity index (χ3v) is 5.23. The van der Waals surface area contributed by atoms with Crippen LogP contribution in [0.1, 0.15) is 49.0 Å². The van der Waals surface area contributed by atoms with Gasteiger partial charge in [0.05, 0.1) is 12.7 Å². The monoisotopic (exact) mass is 352 g/mol. The van der Waals surface area contributed by atoms with Gasteiger partial charge in [-0.1, -0.05) is 12.1 Å².